The lowest BCUT2D eigenvalue weighted by atomic mass is 9.79. The van der Waals surface area contributed by atoms with Crippen molar-refractivity contribution in [3.63, 3.8) is 0 Å². The van der Waals surface area contributed by atoms with Crippen molar-refractivity contribution in [2.45, 2.75) is 72.1 Å². The van der Waals surface area contributed by atoms with Crippen LogP contribution in [0.5, 0.6) is 0 Å². The molecule has 1 aliphatic rings. The van der Waals surface area contributed by atoms with Gasteiger partial charge < -0.3 is 5.32 Å². The van der Waals surface area contributed by atoms with Crippen LogP contribution in [0.2, 0.25) is 0 Å². The number of hydrogen-bond donors (Lipinski definition) is 1. The van der Waals surface area contributed by atoms with Crippen molar-refractivity contribution in [3.8, 4) is 0 Å². The molecule has 2 nitrogen and oxygen atoms in total. The fourth-order valence-electron chi connectivity index (χ4n) is 3.08. The first-order chi connectivity index (χ1) is 8.61. The minimum atomic E-state index is 0.227. The minimum Gasteiger partial charge on any atom is -0.356 e. The Kier molecular flexibility index (Phi) is 7.38. The summed E-state index contributed by atoms with van der Waals surface area (Å²) in [6.07, 6.45) is 10.2. The third-order valence-corrected chi connectivity index (χ3v) is 4.13. The molecular weight excluding hydrogens is 222 g/mol. The molecule has 0 radical (unpaired) electrons. The normalized spacial score (nSPS) is 24.2. The largest absolute Gasteiger partial charge is 0.356 e. The summed E-state index contributed by atoms with van der Waals surface area (Å²) in [5.74, 6) is 2.54. The smallest absolute Gasteiger partial charge is 0.220 e. The number of nitrogens with one attached hydrogen (secondary N) is 1. The van der Waals surface area contributed by atoms with Gasteiger partial charge in [-0.15, -0.1) is 0 Å². The predicted octanol–water partition coefficient (Wildman–Crippen LogP) is 4.15. The zero-order chi connectivity index (χ0) is 13.4. The van der Waals surface area contributed by atoms with Gasteiger partial charge in [0.25, 0.3) is 0 Å². The van der Waals surface area contributed by atoms with Crippen LogP contribution < -0.4 is 5.32 Å². The van der Waals surface area contributed by atoms with Crippen LogP contribution in [0.25, 0.3) is 0 Å². The molecule has 0 unspecified atom stereocenters. The summed E-state index contributed by atoms with van der Waals surface area (Å²) in [6, 6.07) is 0. The van der Waals surface area contributed by atoms with E-state index in [0.717, 1.165) is 18.4 Å². The van der Waals surface area contributed by atoms with E-state index in [0.29, 0.717) is 12.3 Å². The maximum Gasteiger partial charge on any atom is 0.220 e. The van der Waals surface area contributed by atoms with E-state index in [1.807, 2.05) is 0 Å². The first-order valence-electron chi connectivity index (χ1n) is 7.88. The van der Waals surface area contributed by atoms with Crippen molar-refractivity contribution in [1.29, 1.82) is 0 Å². The number of carbonyl (C=O) groups excluding carboxylic acids is 1. The Morgan fingerprint density at radius 1 is 1.11 bits per heavy atom. The molecule has 0 spiro atoms. The highest BCUT2D eigenvalue weighted by Crippen LogP contribution is 2.32. The average molecular weight is 253 g/mol. The van der Waals surface area contributed by atoms with E-state index >= 15 is 0 Å². The van der Waals surface area contributed by atoms with E-state index in [1.165, 1.54) is 44.9 Å². The summed E-state index contributed by atoms with van der Waals surface area (Å²) >= 11 is 0. The number of hydrogen-bond acceptors (Lipinski definition) is 1. The van der Waals surface area contributed by atoms with E-state index < -0.39 is 0 Å². The Morgan fingerprint density at radius 2 is 1.67 bits per heavy atom. The fraction of sp³-hybridized carbons (Fsp3) is 0.938. The number of rotatable bonds is 7. The van der Waals surface area contributed by atoms with Crippen molar-refractivity contribution >= 4 is 5.91 Å². The summed E-state index contributed by atoms with van der Waals surface area (Å²) in [6.45, 7) is 7.36. The summed E-state index contributed by atoms with van der Waals surface area (Å²) < 4.78 is 0. The van der Waals surface area contributed by atoms with Gasteiger partial charge in [0.15, 0.2) is 0 Å². The second kappa shape index (κ2) is 8.55. The maximum atomic E-state index is 11.5. The first kappa shape index (κ1) is 15.5. The quantitative estimate of drug-likeness (QED) is 0.725. The van der Waals surface area contributed by atoms with Gasteiger partial charge in [-0.2, -0.15) is 0 Å². The van der Waals surface area contributed by atoms with Gasteiger partial charge in [-0.3, -0.25) is 4.79 Å². The molecule has 0 aromatic rings. The molecule has 0 aromatic heterocycles. The minimum absolute atomic E-state index is 0.227. The van der Waals surface area contributed by atoms with Crippen LogP contribution in [-0.2, 0) is 4.79 Å². The Bertz CT molecular complexity index is 229. The molecule has 0 bridgehead atoms. The first-order valence-corrected chi connectivity index (χ1v) is 7.88. The maximum absolute atomic E-state index is 11.5. The van der Waals surface area contributed by atoms with Gasteiger partial charge >= 0.3 is 0 Å². The van der Waals surface area contributed by atoms with Gasteiger partial charge in [-0.1, -0.05) is 59.3 Å². The van der Waals surface area contributed by atoms with Gasteiger partial charge in [0.1, 0.15) is 0 Å². The summed E-state index contributed by atoms with van der Waals surface area (Å²) in [7, 11) is 0. The lowest BCUT2D eigenvalue weighted by molar-refractivity contribution is -0.121. The van der Waals surface area contributed by atoms with Crippen molar-refractivity contribution in [1.82, 2.24) is 5.32 Å². The molecule has 0 atom stereocenters. The molecule has 1 N–H and O–H groups in total. The SMILES string of the molecule is CCCC1CCC(CCNC(=O)CC(C)C)CC1. The van der Waals surface area contributed by atoms with E-state index in [9.17, 15) is 4.79 Å². The molecule has 0 aromatic carbocycles. The third-order valence-electron chi connectivity index (χ3n) is 4.13. The highest BCUT2D eigenvalue weighted by Gasteiger charge is 2.20. The molecule has 0 heterocycles. The molecule has 1 saturated carbocycles. The second-order valence-corrected chi connectivity index (χ2v) is 6.41. The summed E-state index contributed by atoms with van der Waals surface area (Å²) in [4.78, 5) is 11.5. The van der Waals surface area contributed by atoms with Gasteiger partial charge in [0, 0.05) is 13.0 Å². The van der Waals surface area contributed by atoms with E-state index in [4.69, 9.17) is 0 Å². The Labute approximate surface area is 113 Å². The van der Waals surface area contributed by atoms with E-state index in [1.54, 1.807) is 0 Å². The van der Waals surface area contributed by atoms with Crippen molar-refractivity contribution in [2.24, 2.45) is 17.8 Å². The van der Waals surface area contributed by atoms with Crippen LogP contribution in [0.15, 0.2) is 0 Å². The van der Waals surface area contributed by atoms with Crippen molar-refractivity contribution < 1.29 is 4.79 Å². The molecule has 0 aliphatic heterocycles. The Balaban J connectivity index is 2.05. The average Bonchev–Trinajstić information content (AvgIpc) is 2.31. The molecule has 106 valence electrons. The predicted molar refractivity (Wildman–Crippen MR) is 77.4 cm³/mol. The summed E-state index contributed by atoms with van der Waals surface area (Å²) in [5.41, 5.74) is 0. The fourth-order valence-corrected chi connectivity index (χ4v) is 3.08. The van der Waals surface area contributed by atoms with Gasteiger partial charge in [-0.05, 0) is 24.2 Å². The Morgan fingerprint density at radius 3 is 2.17 bits per heavy atom. The molecule has 1 aliphatic carbocycles. The van der Waals surface area contributed by atoms with Crippen LogP contribution in [0, 0.1) is 17.8 Å². The van der Waals surface area contributed by atoms with Gasteiger partial charge in [0.2, 0.25) is 5.91 Å². The highest BCUT2D eigenvalue weighted by molar-refractivity contribution is 5.75. The molecule has 18 heavy (non-hydrogen) atoms. The lowest BCUT2D eigenvalue weighted by Gasteiger charge is -2.28. The standard InChI is InChI=1S/C16H31NO/c1-4-5-14-6-8-15(9-7-14)10-11-17-16(18)12-13(2)3/h13-15H,4-12H2,1-3H3,(H,17,18). The molecule has 0 saturated heterocycles. The molecule has 2 heteroatoms. The monoisotopic (exact) mass is 253 g/mol. The van der Waals surface area contributed by atoms with Crippen LogP contribution >= 0.6 is 0 Å². The third kappa shape index (κ3) is 6.42. The van der Waals surface area contributed by atoms with Crippen LogP contribution in [0.4, 0.5) is 0 Å². The highest BCUT2D eigenvalue weighted by atomic mass is 16.1. The number of carbonyl (C=O) groups is 1. The second-order valence-electron chi connectivity index (χ2n) is 6.41. The topological polar surface area (TPSA) is 29.1 Å². The zero-order valence-corrected chi connectivity index (χ0v) is 12.5. The van der Waals surface area contributed by atoms with Crippen molar-refractivity contribution in [2.75, 3.05) is 6.54 Å². The van der Waals surface area contributed by atoms with Gasteiger partial charge in [-0.25, -0.2) is 0 Å². The number of amides is 1. The summed E-state index contributed by atoms with van der Waals surface area (Å²) in [5, 5.41) is 3.06. The van der Waals surface area contributed by atoms with Crippen LogP contribution in [-0.4, -0.2) is 12.5 Å². The lowest BCUT2D eigenvalue weighted by Crippen LogP contribution is -2.27. The molecule has 1 fully saturated rings. The molecular formula is C16H31NO. The Hall–Kier alpha value is -0.530. The molecule has 1 amide bonds. The van der Waals surface area contributed by atoms with Gasteiger partial charge in [0.05, 0.1) is 0 Å². The van der Waals surface area contributed by atoms with Crippen LogP contribution in [0.3, 0.4) is 0 Å². The van der Waals surface area contributed by atoms with Crippen LogP contribution in [0.1, 0.15) is 72.1 Å². The van der Waals surface area contributed by atoms with Crippen molar-refractivity contribution in [3.05, 3.63) is 0 Å². The zero-order valence-electron chi connectivity index (χ0n) is 12.5. The molecule has 1 rings (SSSR count). The van der Waals surface area contributed by atoms with E-state index in [2.05, 4.69) is 26.1 Å². The van der Waals surface area contributed by atoms with E-state index in [-0.39, 0.29) is 5.91 Å².